The quantitative estimate of drug-likeness (QED) is 0.601. The molecule has 0 amide bonds. The van der Waals surface area contributed by atoms with Gasteiger partial charge in [0.1, 0.15) is 0 Å². The molecule has 0 aliphatic carbocycles. The van der Waals surface area contributed by atoms with Crippen LogP contribution in [0.4, 0.5) is 0 Å². The lowest BCUT2D eigenvalue weighted by Crippen LogP contribution is -2.13. The summed E-state index contributed by atoms with van der Waals surface area (Å²) in [4.78, 5) is 0. The van der Waals surface area contributed by atoms with Crippen molar-refractivity contribution < 1.29 is 0 Å². The first-order valence-electron chi connectivity index (χ1n) is 3.27. The zero-order valence-corrected chi connectivity index (χ0v) is 6.83. The Kier molecular flexibility index (Phi) is 6.11. The fraction of sp³-hybridized carbons (Fsp3) is 0.714. The van der Waals surface area contributed by atoms with E-state index in [1.807, 2.05) is 6.92 Å². The summed E-state index contributed by atoms with van der Waals surface area (Å²) in [5.41, 5.74) is 2.87. The Morgan fingerprint density at radius 3 is 2.78 bits per heavy atom. The third-order valence-corrected chi connectivity index (χ3v) is 1.50. The van der Waals surface area contributed by atoms with Crippen LogP contribution in [0.3, 0.4) is 0 Å². The first-order valence-corrected chi connectivity index (χ1v) is 3.71. The second-order valence-electron chi connectivity index (χ2n) is 2.06. The Balaban J connectivity index is 3.07. The van der Waals surface area contributed by atoms with Crippen LogP contribution in [-0.2, 0) is 0 Å². The van der Waals surface area contributed by atoms with Gasteiger partial charge in [-0.3, -0.25) is 0 Å². The Bertz CT molecular complexity index is 88.9. The van der Waals surface area contributed by atoms with Crippen molar-refractivity contribution in [3.63, 3.8) is 0 Å². The van der Waals surface area contributed by atoms with E-state index in [-0.39, 0.29) is 0 Å². The zero-order chi connectivity index (χ0) is 7.11. The van der Waals surface area contributed by atoms with E-state index in [9.17, 15) is 0 Å². The number of nitrogens with one attached hydrogen (secondary N) is 1. The maximum atomic E-state index is 5.44. The highest BCUT2D eigenvalue weighted by atomic mass is 35.5. The second-order valence-corrected chi connectivity index (χ2v) is 2.28. The van der Waals surface area contributed by atoms with E-state index in [2.05, 4.69) is 12.2 Å². The van der Waals surface area contributed by atoms with Gasteiger partial charge in [-0.25, -0.2) is 0 Å². The number of rotatable bonds is 4. The molecule has 0 aromatic carbocycles. The van der Waals surface area contributed by atoms with Crippen molar-refractivity contribution in [2.75, 3.05) is 13.1 Å². The first-order chi connectivity index (χ1) is 4.31. The summed E-state index contributed by atoms with van der Waals surface area (Å²) in [5.74, 6) is 0. The molecule has 0 radical (unpaired) electrons. The van der Waals surface area contributed by atoms with Crippen LogP contribution in [0.1, 0.15) is 20.3 Å². The van der Waals surface area contributed by atoms with Gasteiger partial charge in [0, 0.05) is 5.54 Å². The zero-order valence-electron chi connectivity index (χ0n) is 6.08. The van der Waals surface area contributed by atoms with Crippen LogP contribution in [0.15, 0.2) is 11.1 Å². The lowest BCUT2D eigenvalue weighted by atomic mass is 10.2. The van der Waals surface area contributed by atoms with Crippen molar-refractivity contribution in [1.29, 1.82) is 0 Å². The molecule has 0 fully saturated rings. The van der Waals surface area contributed by atoms with Crippen molar-refractivity contribution in [3.8, 4) is 0 Å². The van der Waals surface area contributed by atoms with Crippen LogP contribution in [0, 0.1) is 0 Å². The molecule has 1 N–H and O–H groups in total. The van der Waals surface area contributed by atoms with E-state index in [4.69, 9.17) is 11.6 Å². The van der Waals surface area contributed by atoms with Crippen LogP contribution < -0.4 is 5.32 Å². The minimum absolute atomic E-state index is 1.03. The molecule has 54 valence electrons. The normalized spacial score (nSPS) is 12.1. The topological polar surface area (TPSA) is 12.0 Å². The summed E-state index contributed by atoms with van der Waals surface area (Å²) in [6, 6.07) is 0. The van der Waals surface area contributed by atoms with Crippen molar-refractivity contribution in [2.45, 2.75) is 20.3 Å². The molecule has 0 unspecified atom stereocenters. The molecule has 0 spiro atoms. The summed E-state index contributed by atoms with van der Waals surface area (Å²) < 4.78 is 0. The minimum atomic E-state index is 1.03. The molecular formula is C7H14ClN. The maximum absolute atomic E-state index is 5.44. The van der Waals surface area contributed by atoms with Gasteiger partial charge < -0.3 is 5.32 Å². The molecule has 0 saturated carbocycles. The summed E-state index contributed by atoms with van der Waals surface area (Å²) in [6.07, 6.45) is 1.05. The molecule has 0 aromatic heterocycles. The molecule has 0 bridgehead atoms. The van der Waals surface area contributed by atoms with E-state index in [1.165, 1.54) is 5.57 Å². The smallest absolute Gasteiger partial charge is 0.00321 e. The number of hydrogen-bond acceptors (Lipinski definition) is 1. The molecule has 1 nitrogen and oxygen atoms in total. The van der Waals surface area contributed by atoms with E-state index >= 15 is 0 Å². The van der Waals surface area contributed by atoms with E-state index in [0.29, 0.717) is 0 Å². The fourth-order valence-electron chi connectivity index (χ4n) is 0.517. The Morgan fingerprint density at radius 2 is 2.33 bits per heavy atom. The summed E-state index contributed by atoms with van der Waals surface area (Å²) in [6.45, 7) is 6.20. The monoisotopic (exact) mass is 147 g/mol. The number of hydrogen-bond donors (Lipinski definition) is 1. The predicted octanol–water partition coefficient (Wildman–Crippen LogP) is 2.13. The molecule has 0 atom stereocenters. The predicted molar refractivity (Wildman–Crippen MR) is 42.8 cm³/mol. The maximum Gasteiger partial charge on any atom is 0.00321 e. The van der Waals surface area contributed by atoms with Crippen molar-refractivity contribution >= 4 is 11.6 Å². The average molecular weight is 148 g/mol. The second kappa shape index (κ2) is 6.12. The lowest BCUT2D eigenvalue weighted by molar-refractivity contribution is 0.713. The van der Waals surface area contributed by atoms with Gasteiger partial charge >= 0.3 is 0 Å². The molecular weight excluding hydrogens is 134 g/mol. The highest BCUT2D eigenvalue weighted by molar-refractivity contribution is 6.25. The molecule has 0 aliphatic rings. The summed E-state index contributed by atoms with van der Waals surface area (Å²) >= 11 is 5.44. The van der Waals surface area contributed by atoms with Gasteiger partial charge in [-0.05, 0) is 26.4 Å². The highest BCUT2D eigenvalue weighted by Crippen LogP contribution is 1.98. The SMILES string of the molecule is CCNCCC(C)=CCl. The molecule has 2 heteroatoms. The van der Waals surface area contributed by atoms with E-state index < -0.39 is 0 Å². The van der Waals surface area contributed by atoms with Gasteiger partial charge in [0.15, 0.2) is 0 Å². The Morgan fingerprint density at radius 1 is 1.67 bits per heavy atom. The van der Waals surface area contributed by atoms with Crippen LogP contribution in [0.2, 0.25) is 0 Å². The standard InChI is InChI=1S/C7H14ClN/c1-3-9-5-4-7(2)6-8/h6,9H,3-5H2,1-2H3. The van der Waals surface area contributed by atoms with Crippen molar-refractivity contribution in [2.24, 2.45) is 0 Å². The van der Waals surface area contributed by atoms with Crippen molar-refractivity contribution in [1.82, 2.24) is 5.32 Å². The van der Waals surface area contributed by atoms with Crippen LogP contribution in [0.5, 0.6) is 0 Å². The molecule has 0 aromatic rings. The first kappa shape index (κ1) is 8.99. The third kappa shape index (κ3) is 5.87. The largest absolute Gasteiger partial charge is 0.317 e. The van der Waals surface area contributed by atoms with Crippen LogP contribution in [0.25, 0.3) is 0 Å². The molecule has 0 saturated heterocycles. The highest BCUT2D eigenvalue weighted by Gasteiger charge is 1.85. The van der Waals surface area contributed by atoms with Gasteiger partial charge in [-0.15, -0.1) is 0 Å². The molecule has 0 heterocycles. The summed E-state index contributed by atoms with van der Waals surface area (Å²) in [5, 5.41) is 3.21. The van der Waals surface area contributed by atoms with Crippen LogP contribution >= 0.6 is 11.6 Å². The van der Waals surface area contributed by atoms with Gasteiger partial charge in [0.05, 0.1) is 0 Å². The van der Waals surface area contributed by atoms with E-state index in [0.717, 1.165) is 19.5 Å². The van der Waals surface area contributed by atoms with Crippen molar-refractivity contribution in [3.05, 3.63) is 11.1 Å². The summed E-state index contributed by atoms with van der Waals surface area (Å²) in [7, 11) is 0. The van der Waals surface area contributed by atoms with Crippen LogP contribution in [-0.4, -0.2) is 13.1 Å². The van der Waals surface area contributed by atoms with Gasteiger partial charge in [-0.1, -0.05) is 24.1 Å². The van der Waals surface area contributed by atoms with Gasteiger partial charge in [-0.2, -0.15) is 0 Å². The third-order valence-electron chi connectivity index (χ3n) is 1.13. The Hall–Kier alpha value is -0.0100. The number of halogens is 1. The van der Waals surface area contributed by atoms with Gasteiger partial charge in [0.2, 0.25) is 0 Å². The fourth-order valence-corrected chi connectivity index (χ4v) is 0.626. The molecule has 9 heavy (non-hydrogen) atoms. The Labute approximate surface area is 62.1 Å². The average Bonchev–Trinajstić information content (AvgIpc) is 1.89. The van der Waals surface area contributed by atoms with E-state index in [1.54, 1.807) is 5.54 Å². The lowest BCUT2D eigenvalue weighted by Gasteiger charge is -1.99. The molecule has 0 rings (SSSR count). The molecule has 0 aliphatic heterocycles. The minimum Gasteiger partial charge on any atom is -0.317 e. The van der Waals surface area contributed by atoms with Gasteiger partial charge in [0.25, 0.3) is 0 Å².